The fraction of sp³-hybridized carbons (Fsp3) is 0.535. The molecule has 4 aromatic rings. The number of fused-ring (bicyclic) bond motifs is 1. The van der Waals surface area contributed by atoms with E-state index in [1.54, 1.807) is 34.9 Å². The summed E-state index contributed by atoms with van der Waals surface area (Å²) < 4.78 is 55.0. The topological polar surface area (TPSA) is 134 Å². The van der Waals surface area contributed by atoms with Crippen molar-refractivity contribution in [1.29, 1.82) is 0 Å². The Morgan fingerprint density at radius 2 is 1.74 bits per heavy atom. The third-order valence-electron chi connectivity index (χ3n) is 11.3. The number of imidazole rings is 1. The first-order valence-corrected chi connectivity index (χ1v) is 22.0. The molecule has 1 saturated carbocycles. The van der Waals surface area contributed by atoms with Crippen LogP contribution in [0, 0.1) is 11.7 Å². The average Bonchev–Trinajstić information content (AvgIpc) is 3.86. The average molecular weight is 806 g/mol. The summed E-state index contributed by atoms with van der Waals surface area (Å²) in [5.41, 5.74) is 1.12. The van der Waals surface area contributed by atoms with Crippen molar-refractivity contribution in [2.75, 3.05) is 13.2 Å². The maximum absolute atomic E-state index is 15.0. The van der Waals surface area contributed by atoms with Gasteiger partial charge in [0.05, 0.1) is 30.0 Å². The van der Waals surface area contributed by atoms with Crippen molar-refractivity contribution < 1.29 is 37.1 Å². The van der Waals surface area contributed by atoms with E-state index in [0.29, 0.717) is 30.1 Å². The van der Waals surface area contributed by atoms with E-state index in [9.17, 15) is 13.8 Å². The maximum Gasteiger partial charge on any atom is 0.461 e. The summed E-state index contributed by atoms with van der Waals surface area (Å²) in [6.45, 7) is 11.7. The van der Waals surface area contributed by atoms with Crippen molar-refractivity contribution in [3.05, 3.63) is 83.6 Å². The first-order chi connectivity index (χ1) is 27.3. The molecule has 0 bridgehead atoms. The van der Waals surface area contributed by atoms with Crippen LogP contribution in [0.2, 0.25) is 0 Å². The van der Waals surface area contributed by atoms with Crippen molar-refractivity contribution in [2.45, 2.75) is 130 Å². The molecule has 12 nitrogen and oxygen atoms in total. The van der Waals surface area contributed by atoms with Crippen LogP contribution in [0.25, 0.3) is 11.2 Å². The lowest BCUT2D eigenvalue weighted by Crippen LogP contribution is -2.52. The van der Waals surface area contributed by atoms with E-state index < -0.39 is 37.8 Å². The first-order valence-electron chi connectivity index (χ1n) is 20.4. The lowest BCUT2D eigenvalue weighted by molar-refractivity contribution is -0.146. The first kappa shape index (κ1) is 42.3. The molecule has 57 heavy (non-hydrogen) atoms. The van der Waals surface area contributed by atoms with Crippen molar-refractivity contribution in [3.63, 3.8) is 0 Å². The molecule has 6 rings (SSSR count). The number of pyridine rings is 1. The molecule has 1 N–H and O–H groups in total. The number of hydrogen-bond acceptors (Lipinski definition) is 9. The Kier molecular flexibility index (Phi) is 13.7. The van der Waals surface area contributed by atoms with E-state index in [4.69, 9.17) is 23.5 Å². The number of carbonyl (C=O) groups is 2. The van der Waals surface area contributed by atoms with Gasteiger partial charge in [-0.25, -0.2) is 18.9 Å². The van der Waals surface area contributed by atoms with Gasteiger partial charge in [0.25, 0.3) is 5.91 Å². The van der Waals surface area contributed by atoms with Gasteiger partial charge in [0.1, 0.15) is 35.9 Å². The number of piperidine rings is 1. The minimum atomic E-state index is -4.35. The maximum atomic E-state index is 15.0. The molecule has 1 saturated heterocycles. The molecule has 14 heteroatoms. The van der Waals surface area contributed by atoms with Gasteiger partial charge >= 0.3 is 13.7 Å². The molecule has 308 valence electrons. The van der Waals surface area contributed by atoms with Gasteiger partial charge < -0.3 is 18.9 Å². The lowest BCUT2D eigenvalue weighted by atomic mass is 9.85. The van der Waals surface area contributed by atoms with Crippen LogP contribution in [0.3, 0.4) is 0 Å². The molecule has 1 aliphatic carbocycles. The van der Waals surface area contributed by atoms with Gasteiger partial charge in [0.2, 0.25) is 0 Å². The number of para-hydroxylation sites is 1. The SMILES string of the molecule is CCC(CC)COC(=O)[C@H](C)N[P@@](=O)(OCn1c([C@]2(C)CCCCN2C(=O)c2cc(OC(C)C)ccc2C2CCCC2)nc2ncc(F)cc21)Oc1ccccc1. The quantitative estimate of drug-likeness (QED) is 0.0812. The molecule has 0 radical (unpaired) electrons. The summed E-state index contributed by atoms with van der Waals surface area (Å²) in [6.07, 6.45) is 9.09. The molecule has 2 fully saturated rings. The van der Waals surface area contributed by atoms with Gasteiger partial charge in [-0.2, -0.15) is 5.09 Å². The summed E-state index contributed by atoms with van der Waals surface area (Å²) >= 11 is 0. The van der Waals surface area contributed by atoms with E-state index in [0.717, 1.165) is 63.1 Å². The summed E-state index contributed by atoms with van der Waals surface area (Å²) in [5.74, 6) is 0.380. The minimum absolute atomic E-state index is 0.0715. The number of nitrogens with one attached hydrogen (secondary N) is 1. The van der Waals surface area contributed by atoms with Crippen LogP contribution in [-0.2, 0) is 30.9 Å². The van der Waals surface area contributed by atoms with Crippen molar-refractivity contribution in [2.24, 2.45) is 5.92 Å². The van der Waals surface area contributed by atoms with Gasteiger partial charge in [-0.05, 0) is 101 Å². The van der Waals surface area contributed by atoms with Gasteiger partial charge in [-0.3, -0.25) is 18.7 Å². The highest BCUT2D eigenvalue weighted by molar-refractivity contribution is 7.52. The molecule has 2 aliphatic rings. The van der Waals surface area contributed by atoms with Crippen molar-refractivity contribution in [1.82, 2.24) is 24.5 Å². The third kappa shape index (κ3) is 9.87. The minimum Gasteiger partial charge on any atom is -0.491 e. The number of hydrogen-bond donors (Lipinski definition) is 1. The molecule has 1 aliphatic heterocycles. The zero-order chi connectivity index (χ0) is 40.7. The van der Waals surface area contributed by atoms with Crippen LogP contribution in [-0.4, -0.2) is 56.6 Å². The molecular weight excluding hydrogens is 748 g/mol. The second kappa shape index (κ2) is 18.5. The molecule has 3 heterocycles. The summed E-state index contributed by atoms with van der Waals surface area (Å²) in [6, 6.07) is 14.6. The van der Waals surface area contributed by atoms with Gasteiger partial charge in [0, 0.05) is 18.2 Å². The largest absolute Gasteiger partial charge is 0.491 e. The van der Waals surface area contributed by atoms with E-state index in [-0.39, 0.29) is 47.4 Å². The van der Waals surface area contributed by atoms with E-state index in [1.165, 1.54) is 13.0 Å². The van der Waals surface area contributed by atoms with Gasteiger partial charge in [0.15, 0.2) is 5.65 Å². The Balaban J connectivity index is 1.37. The van der Waals surface area contributed by atoms with Crippen LogP contribution in [0.1, 0.15) is 127 Å². The van der Waals surface area contributed by atoms with Crippen LogP contribution < -0.4 is 14.3 Å². The predicted molar refractivity (Wildman–Crippen MR) is 217 cm³/mol. The molecular formula is C43H57FN5O7P. The number of aromatic nitrogens is 3. The Morgan fingerprint density at radius 1 is 1.00 bits per heavy atom. The van der Waals surface area contributed by atoms with Gasteiger partial charge in [-0.1, -0.05) is 63.8 Å². The normalized spacial score (nSPS) is 19.2. The van der Waals surface area contributed by atoms with E-state index in [1.807, 2.05) is 57.7 Å². The fourth-order valence-corrected chi connectivity index (χ4v) is 9.42. The Morgan fingerprint density at radius 3 is 2.44 bits per heavy atom. The molecule has 1 amide bonds. The fourth-order valence-electron chi connectivity index (χ4n) is 7.99. The van der Waals surface area contributed by atoms with Crippen LogP contribution in [0.4, 0.5) is 4.39 Å². The second-order valence-corrected chi connectivity index (χ2v) is 17.5. The Hall–Kier alpha value is -4.32. The number of halogens is 1. The number of carbonyl (C=O) groups excluding carboxylic acids is 2. The number of amides is 1. The van der Waals surface area contributed by atoms with E-state index >= 15 is 4.79 Å². The molecule has 2 aromatic carbocycles. The zero-order valence-electron chi connectivity index (χ0n) is 34.0. The number of likely N-dealkylation sites (tertiary alicyclic amines) is 1. The number of rotatable bonds is 17. The summed E-state index contributed by atoms with van der Waals surface area (Å²) in [5, 5.41) is 2.77. The zero-order valence-corrected chi connectivity index (χ0v) is 34.9. The van der Waals surface area contributed by atoms with Crippen molar-refractivity contribution in [3.8, 4) is 11.5 Å². The second-order valence-electron chi connectivity index (χ2n) is 15.8. The monoisotopic (exact) mass is 805 g/mol. The van der Waals surface area contributed by atoms with Crippen molar-refractivity contribution >= 4 is 30.8 Å². The van der Waals surface area contributed by atoms with Crippen LogP contribution >= 0.6 is 7.75 Å². The van der Waals surface area contributed by atoms with Gasteiger partial charge in [-0.15, -0.1) is 0 Å². The number of benzene rings is 2. The summed E-state index contributed by atoms with van der Waals surface area (Å²) in [7, 11) is -4.35. The summed E-state index contributed by atoms with van der Waals surface area (Å²) in [4.78, 5) is 39.2. The highest BCUT2D eigenvalue weighted by atomic mass is 31.2. The lowest BCUT2D eigenvalue weighted by Gasteiger charge is -2.45. The molecule has 3 atom stereocenters. The Labute approximate surface area is 335 Å². The number of esters is 1. The number of ether oxygens (including phenoxy) is 2. The Bertz CT molecular complexity index is 2050. The predicted octanol–water partition coefficient (Wildman–Crippen LogP) is 9.68. The highest BCUT2D eigenvalue weighted by Crippen LogP contribution is 2.47. The molecule has 2 aromatic heterocycles. The standard InChI is InChI=1S/C43H57FN5O7P/c1-7-31(8-2)27-53-41(51)30(5)47-57(52,56-34-18-10-9-11-19-34)54-28-48-38-24-33(44)26-45-39(38)46-42(48)43(6)22-14-15-23-49(43)40(50)37-25-35(55-29(3)4)20-21-36(37)32-16-12-13-17-32/h9-11,18-21,24-26,29-32H,7-8,12-17,22-23,27-28H2,1-6H3,(H,47,52)/t30-,43-,57+/m0/s1. The smallest absolute Gasteiger partial charge is 0.461 e. The van der Waals surface area contributed by atoms with Crippen LogP contribution in [0.15, 0.2) is 60.8 Å². The highest BCUT2D eigenvalue weighted by Gasteiger charge is 2.45. The van der Waals surface area contributed by atoms with E-state index in [2.05, 4.69) is 10.1 Å². The molecule has 0 unspecified atom stereocenters. The van der Waals surface area contributed by atoms with Crippen LogP contribution in [0.5, 0.6) is 11.5 Å². The third-order valence-corrected chi connectivity index (χ3v) is 12.9. The number of nitrogens with zero attached hydrogens (tertiary/aromatic N) is 4. The molecule has 0 spiro atoms.